The molecule has 4 heteroatoms. The van der Waals surface area contributed by atoms with Crippen LogP contribution in [0.2, 0.25) is 0 Å². The summed E-state index contributed by atoms with van der Waals surface area (Å²) in [5.74, 6) is 0. The van der Waals surface area contributed by atoms with Crippen LogP contribution in [-0.2, 0) is 5.41 Å². The minimum absolute atomic E-state index is 0.0168. The number of nitriles is 1. The number of nitrogens with zero attached hydrogens (tertiary/aromatic N) is 4. The first kappa shape index (κ1) is 9.66. The first-order valence-electron chi connectivity index (χ1n) is 4.76. The average molecular weight is 200 g/mol. The van der Waals surface area contributed by atoms with E-state index in [2.05, 4.69) is 30.9 Å². The first-order valence-corrected chi connectivity index (χ1v) is 4.76. The van der Waals surface area contributed by atoms with E-state index >= 15 is 0 Å². The fourth-order valence-corrected chi connectivity index (χ4v) is 1.46. The molecule has 0 fully saturated rings. The Morgan fingerprint density at radius 3 is 2.67 bits per heavy atom. The van der Waals surface area contributed by atoms with Crippen LogP contribution in [0.5, 0.6) is 0 Å². The van der Waals surface area contributed by atoms with Crippen LogP contribution in [0.3, 0.4) is 0 Å². The summed E-state index contributed by atoms with van der Waals surface area (Å²) >= 11 is 0. The van der Waals surface area contributed by atoms with Gasteiger partial charge >= 0.3 is 0 Å². The van der Waals surface area contributed by atoms with Crippen molar-refractivity contribution < 1.29 is 0 Å². The lowest BCUT2D eigenvalue weighted by molar-refractivity contribution is 0.594. The number of aromatic nitrogens is 3. The molecule has 0 bridgehead atoms. The Morgan fingerprint density at radius 1 is 1.33 bits per heavy atom. The van der Waals surface area contributed by atoms with E-state index in [-0.39, 0.29) is 5.41 Å². The second-order valence-electron chi connectivity index (χ2n) is 4.53. The van der Waals surface area contributed by atoms with E-state index in [9.17, 15) is 0 Å². The van der Waals surface area contributed by atoms with Crippen LogP contribution in [0.4, 0.5) is 0 Å². The second-order valence-corrected chi connectivity index (χ2v) is 4.53. The molecule has 0 spiro atoms. The number of fused-ring (bicyclic) bond motifs is 1. The quantitative estimate of drug-likeness (QED) is 0.652. The third-order valence-electron chi connectivity index (χ3n) is 2.29. The summed E-state index contributed by atoms with van der Waals surface area (Å²) in [6.07, 6.45) is 5.08. The van der Waals surface area contributed by atoms with Crippen LogP contribution in [0.15, 0.2) is 18.6 Å². The lowest BCUT2D eigenvalue weighted by Crippen LogP contribution is -2.11. The molecule has 0 aliphatic heterocycles. The fraction of sp³-hybridized carbons (Fsp3) is 0.364. The van der Waals surface area contributed by atoms with Gasteiger partial charge in [0.1, 0.15) is 6.07 Å². The van der Waals surface area contributed by atoms with E-state index in [1.54, 1.807) is 16.9 Å². The van der Waals surface area contributed by atoms with Crippen LogP contribution >= 0.6 is 0 Å². The Kier molecular flexibility index (Phi) is 1.97. The molecule has 2 aromatic rings. The van der Waals surface area contributed by atoms with Gasteiger partial charge in [-0.1, -0.05) is 20.8 Å². The van der Waals surface area contributed by atoms with Crippen LogP contribution in [0.25, 0.3) is 5.65 Å². The molecule has 0 saturated heterocycles. The molecular formula is C11H12N4. The molecule has 0 aromatic carbocycles. The molecule has 0 aliphatic carbocycles. The molecule has 0 amide bonds. The van der Waals surface area contributed by atoms with Crippen LogP contribution in [0.1, 0.15) is 31.9 Å². The van der Waals surface area contributed by atoms with Crippen molar-refractivity contribution in [3.05, 3.63) is 29.7 Å². The first-order chi connectivity index (χ1) is 7.02. The third kappa shape index (κ3) is 1.57. The Balaban J connectivity index is 2.69. The van der Waals surface area contributed by atoms with Crippen molar-refractivity contribution in [2.45, 2.75) is 26.2 Å². The average Bonchev–Trinajstić information content (AvgIpc) is 2.59. The summed E-state index contributed by atoms with van der Waals surface area (Å²) < 4.78 is 1.65. The van der Waals surface area contributed by atoms with Crippen molar-refractivity contribution in [3.8, 4) is 6.07 Å². The summed E-state index contributed by atoms with van der Waals surface area (Å²) in [5.41, 5.74) is 2.45. The van der Waals surface area contributed by atoms with Crippen molar-refractivity contribution >= 4 is 5.65 Å². The summed E-state index contributed by atoms with van der Waals surface area (Å²) in [6.45, 7) is 6.34. The van der Waals surface area contributed by atoms with Gasteiger partial charge in [-0.25, -0.2) is 9.50 Å². The molecule has 2 rings (SSSR count). The Morgan fingerprint density at radius 2 is 2.07 bits per heavy atom. The van der Waals surface area contributed by atoms with Gasteiger partial charge in [-0.2, -0.15) is 10.4 Å². The minimum Gasteiger partial charge on any atom is -0.235 e. The number of rotatable bonds is 0. The molecule has 76 valence electrons. The van der Waals surface area contributed by atoms with Crippen molar-refractivity contribution in [2.75, 3.05) is 0 Å². The zero-order chi connectivity index (χ0) is 11.1. The van der Waals surface area contributed by atoms with Gasteiger partial charge in [-0.05, 0) is 5.41 Å². The highest BCUT2D eigenvalue weighted by Crippen LogP contribution is 2.24. The topological polar surface area (TPSA) is 54.0 Å². The molecule has 2 heterocycles. The van der Waals surface area contributed by atoms with Gasteiger partial charge in [0, 0.05) is 11.8 Å². The highest BCUT2D eigenvalue weighted by molar-refractivity contribution is 5.50. The number of hydrogen-bond acceptors (Lipinski definition) is 3. The van der Waals surface area contributed by atoms with E-state index in [0.717, 1.165) is 11.2 Å². The third-order valence-corrected chi connectivity index (χ3v) is 2.29. The zero-order valence-electron chi connectivity index (χ0n) is 9.02. The monoisotopic (exact) mass is 200 g/mol. The Bertz CT molecular complexity index is 540. The summed E-state index contributed by atoms with van der Waals surface area (Å²) in [4.78, 5) is 4.26. The maximum absolute atomic E-state index is 8.73. The maximum atomic E-state index is 8.73. The molecule has 15 heavy (non-hydrogen) atoms. The summed E-state index contributed by atoms with van der Waals surface area (Å²) in [6, 6.07) is 2.04. The van der Waals surface area contributed by atoms with Gasteiger partial charge in [-0.15, -0.1) is 0 Å². The highest BCUT2D eigenvalue weighted by Gasteiger charge is 2.19. The van der Waals surface area contributed by atoms with E-state index in [0.29, 0.717) is 5.56 Å². The minimum atomic E-state index is 0.0168. The van der Waals surface area contributed by atoms with Crippen molar-refractivity contribution in [1.29, 1.82) is 5.26 Å². The van der Waals surface area contributed by atoms with Gasteiger partial charge in [0.15, 0.2) is 5.65 Å². The molecule has 4 nitrogen and oxygen atoms in total. The zero-order valence-corrected chi connectivity index (χ0v) is 9.02. The predicted molar refractivity (Wildman–Crippen MR) is 56.4 cm³/mol. The molecule has 2 aromatic heterocycles. The van der Waals surface area contributed by atoms with Crippen LogP contribution in [0, 0.1) is 11.3 Å². The fourth-order valence-electron chi connectivity index (χ4n) is 1.46. The summed E-state index contributed by atoms with van der Waals surface area (Å²) in [5, 5.41) is 12.9. The maximum Gasteiger partial charge on any atom is 0.158 e. The van der Waals surface area contributed by atoms with E-state index in [1.165, 1.54) is 0 Å². The lowest BCUT2D eigenvalue weighted by Gasteiger charge is -2.15. The standard InChI is InChI=1S/C11H12N4/c1-11(2,3)9-6-14-15-7-8(4-12)5-13-10(9)15/h5-7H,1-3H3. The largest absolute Gasteiger partial charge is 0.235 e. The van der Waals surface area contributed by atoms with Gasteiger partial charge < -0.3 is 0 Å². The lowest BCUT2D eigenvalue weighted by atomic mass is 9.89. The Labute approximate surface area is 88.2 Å². The number of hydrogen-bond donors (Lipinski definition) is 0. The van der Waals surface area contributed by atoms with E-state index < -0.39 is 0 Å². The van der Waals surface area contributed by atoms with Crippen LogP contribution < -0.4 is 0 Å². The molecule has 0 unspecified atom stereocenters. The molecule has 0 radical (unpaired) electrons. The highest BCUT2D eigenvalue weighted by atomic mass is 15.2. The van der Waals surface area contributed by atoms with Gasteiger partial charge in [0.2, 0.25) is 0 Å². The molecule has 0 aliphatic rings. The van der Waals surface area contributed by atoms with Crippen molar-refractivity contribution in [1.82, 2.24) is 14.6 Å². The molecule has 0 N–H and O–H groups in total. The van der Waals surface area contributed by atoms with Crippen molar-refractivity contribution in [3.63, 3.8) is 0 Å². The SMILES string of the molecule is CC(C)(C)c1cnn2cc(C#N)cnc12. The summed E-state index contributed by atoms with van der Waals surface area (Å²) in [7, 11) is 0. The smallest absolute Gasteiger partial charge is 0.158 e. The Hall–Kier alpha value is -1.89. The predicted octanol–water partition coefficient (Wildman–Crippen LogP) is 1.90. The second kappa shape index (κ2) is 3.06. The van der Waals surface area contributed by atoms with Crippen LogP contribution in [-0.4, -0.2) is 14.6 Å². The van der Waals surface area contributed by atoms with E-state index in [4.69, 9.17) is 5.26 Å². The molecule has 0 atom stereocenters. The van der Waals surface area contributed by atoms with Gasteiger partial charge in [0.25, 0.3) is 0 Å². The van der Waals surface area contributed by atoms with Gasteiger partial charge in [-0.3, -0.25) is 0 Å². The molecule has 0 saturated carbocycles. The molecular weight excluding hydrogens is 188 g/mol. The van der Waals surface area contributed by atoms with Gasteiger partial charge in [0.05, 0.1) is 18.0 Å². The van der Waals surface area contributed by atoms with E-state index in [1.807, 2.05) is 12.3 Å². The van der Waals surface area contributed by atoms with Crippen molar-refractivity contribution in [2.24, 2.45) is 0 Å². The normalized spacial score (nSPS) is 11.6.